The summed E-state index contributed by atoms with van der Waals surface area (Å²) >= 11 is 10.6. The lowest BCUT2D eigenvalue weighted by molar-refractivity contribution is -0.122. The number of ether oxygens (including phenoxy) is 2. The van der Waals surface area contributed by atoms with Crippen LogP contribution in [0.2, 0.25) is 5.02 Å². The SMILES string of the molecule is COC(=O)c1c(-c2ccc(Br)cc2)csc1NC(=O)C(C)Oc1cccc(Cl)c1. The first-order chi connectivity index (χ1) is 13.9. The first-order valence-electron chi connectivity index (χ1n) is 8.58. The van der Waals surface area contributed by atoms with Gasteiger partial charge in [-0.3, -0.25) is 4.79 Å². The van der Waals surface area contributed by atoms with Gasteiger partial charge >= 0.3 is 5.97 Å². The zero-order valence-corrected chi connectivity index (χ0v) is 18.7. The van der Waals surface area contributed by atoms with E-state index < -0.39 is 12.1 Å². The highest BCUT2D eigenvalue weighted by atomic mass is 79.9. The van der Waals surface area contributed by atoms with Crippen molar-refractivity contribution in [2.24, 2.45) is 0 Å². The van der Waals surface area contributed by atoms with Gasteiger partial charge in [-0.1, -0.05) is 45.7 Å². The highest BCUT2D eigenvalue weighted by Gasteiger charge is 2.24. The minimum absolute atomic E-state index is 0.308. The zero-order chi connectivity index (χ0) is 21.0. The van der Waals surface area contributed by atoms with Crippen molar-refractivity contribution in [1.29, 1.82) is 0 Å². The second-order valence-electron chi connectivity index (χ2n) is 6.06. The Hall–Kier alpha value is -2.35. The molecule has 5 nitrogen and oxygen atoms in total. The van der Waals surface area contributed by atoms with Crippen LogP contribution < -0.4 is 10.1 Å². The van der Waals surface area contributed by atoms with Crippen LogP contribution in [0.1, 0.15) is 17.3 Å². The molecular weight excluding hydrogens is 478 g/mol. The third-order valence-electron chi connectivity index (χ3n) is 4.05. The number of esters is 1. The van der Waals surface area contributed by atoms with Gasteiger partial charge in [0.15, 0.2) is 6.10 Å². The van der Waals surface area contributed by atoms with Crippen LogP contribution in [0.15, 0.2) is 58.4 Å². The normalized spacial score (nSPS) is 11.6. The van der Waals surface area contributed by atoms with Gasteiger partial charge in [-0.05, 0) is 42.8 Å². The van der Waals surface area contributed by atoms with Gasteiger partial charge in [0.05, 0.1) is 7.11 Å². The minimum Gasteiger partial charge on any atom is -0.481 e. The fourth-order valence-corrected chi connectivity index (χ4v) is 4.01. The molecule has 1 heterocycles. The quantitative estimate of drug-likeness (QED) is 0.425. The van der Waals surface area contributed by atoms with Crippen molar-refractivity contribution >= 4 is 55.7 Å². The molecule has 1 aromatic heterocycles. The number of halogens is 2. The summed E-state index contributed by atoms with van der Waals surface area (Å²) in [5, 5.41) is 5.50. The van der Waals surface area contributed by atoms with E-state index in [4.69, 9.17) is 21.1 Å². The molecular formula is C21H17BrClNO4S. The lowest BCUT2D eigenvalue weighted by atomic mass is 10.0. The Labute approximate surface area is 185 Å². The number of amides is 1. The molecule has 1 amide bonds. The van der Waals surface area contributed by atoms with E-state index in [1.54, 1.807) is 31.2 Å². The first kappa shape index (κ1) is 21.4. The standard InChI is InChI=1S/C21H17BrClNO4S/c1-12(28-16-5-3-4-15(23)10-16)19(25)24-20-18(21(26)27-2)17(11-29-20)13-6-8-14(22)9-7-13/h3-12H,1-2H3,(H,24,25). The molecule has 29 heavy (non-hydrogen) atoms. The summed E-state index contributed by atoms with van der Waals surface area (Å²) in [5.74, 6) is -0.433. The van der Waals surface area contributed by atoms with Crippen molar-refractivity contribution < 1.29 is 19.1 Å². The summed E-state index contributed by atoms with van der Waals surface area (Å²) in [6, 6.07) is 14.3. The van der Waals surface area contributed by atoms with Crippen LogP contribution in [0.3, 0.4) is 0 Å². The molecule has 1 atom stereocenters. The van der Waals surface area contributed by atoms with Gasteiger partial charge in [0.25, 0.3) is 5.91 Å². The van der Waals surface area contributed by atoms with Crippen LogP contribution in [0.25, 0.3) is 11.1 Å². The summed E-state index contributed by atoms with van der Waals surface area (Å²) in [7, 11) is 1.31. The maximum Gasteiger partial charge on any atom is 0.341 e. The van der Waals surface area contributed by atoms with Crippen molar-refractivity contribution in [3.05, 3.63) is 69.0 Å². The number of hydrogen-bond acceptors (Lipinski definition) is 5. The van der Waals surface area contributed by atoms with Gasteiger partial charge in [0.2, 0.25) is 0 Å². The monoisotopic (exact) mass is 493 g/mol. The van der Waals surface area contributed by atoms with Gasteiger partial charge in [-0.15, -0.1) is 11.3 Å². The summed E-state index contributed by atoms with van der Waals surface area (Å²) in [6.45, 7) is 1.62. The van der Waals surface area contributed by atoms with Gasteiger partial charge in [-0.2, -0.15) is 0 Å². The summed E-state index contributed by atoms with van der Waals surface area (Å²) in [4.78, 5) is 25.0. The van der Waals surface area contributed by atoms with E-state index in [2.05, 4.69) is 21.2 Å². The van der Waals surface area contributed by atoms with E-state index in [0.717, 1.165) is 10.0 Å². The smallest absolute Gasteiger partial charge is 0.341 e. The topological polar surface area (TPSA) is 64.6 Å². The second-order valence-corrected chi connectivity index (χ2v) is 8.29. The largest absolute Gasteiger partial charge is 0.481 e. The number of rotatable bonds is 6. The van der Waals surface area contributed by atoms with E-state index in [-0.39, 0.29) is 5.91 Å². The number of methoxy groups -OCH3 is 1. The van der Waals surface area contributed by atoms with E-state index >= 15 is 0 Å². The fraction of sp³-hybridized carbons (Fsp3) is 0.143. The first-order valence-corrected chi connectivity index (χ1v) is 10.6. The third kappa shape index (κ3) is 5.18. The molecule has 0 radical (unpaired) electrons. The molecule has 1 N–H and O–H groups in total. The third-order valence-corrected chi connectivity index (χ3v) is 5.71. The molecule has 0 spiro atoms. The number of carbonyl (C=O) groups excluding carboxylic acids is 2. The van der Waals surface area contributed by atoms with Gasteiger partial charge in [-0.25, -0.2) is 4.79 Å². The molecule has 3 rings (SSSR count). The molecule has 0 fully saturated rings. The lowest BCUT2D eigenvalue weighted by Crippen LogP contribution is -2.30. The van der Waals surface area contributed by atoms with Crippen LogP contribution in [-0.2, 0) is 9.53 Å². The molecule has 0 saturated heterocycles. The Morgan fingerprint density at radius 3 is 2.55 bits per heavy atom. The van der Waals surface area contributed by atoms with Crippen LogP contribution in [0.4, 0.5) is 5.00 Å². The molecule has 8 heteroatoms. The Bertz CT molecular complexity index is 1040. The van der Waals surface area contributed by atoms with Crippen LogP contribution in [0.5, 0.6) is 5.75 Å². The van der Waals surface area contributed by atoms with Crippen molar-refractivity contribution in [2.75, 3.05) is 12.4 Å². The summed E-state index contributed by atoms with van der Waals surface area (Å²) < 4.78 is 11.5. The van der Waals surface area contributed by atoms with E-state index in [1.165, 1.54) is 18.4 Å². The molecule has 3 aromatic rings. The van der Waals surface area contributed by atoms with Crippen molar-refractivity contribution in [1.82, 2.24) is 0 Å². The zero-order valence-electron chi connectivity index (χ0n) is 15.6. The second kappa shape index (κ2) is 9.43. The number of thiophene rings is 1. The molecule has 0 saturated carbocycles. The number of anilines is 1. The Morgan fingerprint density at radius 1 is 1.17 bits per heavy atom. The van der Waals surface area contributed by atoms with Crippen LogP contribution in [0, 0.1) is 0 Å². The van der Waals surface area contributed by atoms with E-state index in [0.29, 0.717) is 26.9 Å². The maximum atomic E-state index is 12.6. The van der Waals surface area contributed by atoms with Crippen molar-refractivity contribution in [3.63, 3.8) is 0 Å². The molecule has 2 aromatic carbocycles. The fourth-order valence-electron chi connectivity index (χ4n) is 2.61. The average Bonchev–Trinajstić information content (AvgIpc) is 3.11. The Balaban J connectivity index is 1.83. The molecule has 0 aliphatic carbocycles. The molecule has 150 valence electrons. The van der Waals surface area contributed by atoms with Gasteiger partial charge in [0, 0.05) is 20.4 Å². The Kier molecular flexibility index (Phi) is 6.95. The highest BCUT2D eigenvalue weighted by molar-refractivity contribution is 9.10. The minimum atomic E-state index is -0.794. The van der Waals surface area contributed by atoms with Crippen molar-refractivity contribution in [2.45, 2.75) is 13.0 Å². The number of benzene rings is 2. The van der Waals surface area contributed by atoms with Crippen molar-refractivity contribution in [3.8, 4) is 16.9 Å². The molecule has 0 aliphatic rings. The number of nitrogens with one attached hydrogen (secondary N) is 1. The predicted octanol–water partition coefficient (Wildman–Crippen LogP) is 6.02. The molecule has 1 unspecified atom stereocenters. The van der Waals surface area contributed by atoms with E-state index in [1.807, 2.05) is 29.6 Å². The summed E-state index contributed by atoms with van der Waals surface area (Å²) in [5.41, 5.74) is 1.84. The Morgan fingerprint density at radius 2 is 1.90 bits per heavy atom. The van der Waals surface area contributed by atoms with Crippen LogP contribution >= 0.6 is 38.9 Å². The van der Waals surface area contributed by atoms with Crippen LogP contribution in [-0.4, -0.2) is 25.1 Å². The predicted molar refractivity (Wildman–Crippen MR) is 119 cm³/mol. The maximum absolute atomic E-state index is 12.6. The number of carbonyl (C=O) groups is 2. The van der Waals surface area contributed by atoms with Gasteiger partial charge in [0.1, 0.15) is 16.3 Å². The molecule has 0 aliphatic heterocycles. The average molecular weight is 495 g/mol. The van der Waals surface area contributed by atoms with Gasteiger partial charge < -0.3 is 14.8 Å². The summed E-state index contributed by atoms with van der Waals surface area (Å²) in [6.07, 6.45) is -0.794. The highest BCUT2D eigenvalue weighted by Crippen LogP contribution is 2.36. The lowest BCUT2D eigenvalue weighted by Gasteiger charge is -2.15. The molecule has 0 bridgehead atoms. The number of hydrogen-bond donors (Lipinski definition) is 1. The van der Waals surface area contributed by atoms with E-state index in [9.17, 15) is 9.59 Å².